The van der Waals surface area contributed by atoms with Gasteiger partial charge in [0.15, 0.2) is 0 Å². The normalized spacial score (nSPS) is 20.6. The van der Waals surface area contributed by atoms with Crippen LogP contribution in [0.15, 0.2) is 24.4 Å². The number of hydrogen-bond acceptors (Lipinski definition) is 5. The lowest BCUT2D eigenvalue weighted by Crippen LogP contribution is -2.52. The van der Waals surface area contributed by atoms with E-state index in [2.05, 4.69) is 9.88 Å². The summed E-state index contributed by atoms with van der Waals surface area (Å²) in [5.74, 6) is 0.878. The fraction of sp³-hybridized carbons (Fsp3) is 0.611. The van der Waals surface area contributed by atoms with Gasteiger partial charge in [-0.15, -0.1) is 0 Å². The molecule has 7 heteroatoms. The van der Waals surface area contributed by atoms with Crippen LogP contribution in [0.4, 0.5) is 5.82 Å². The molecule has 3 rings (SSSR count). The first kappa shape index (κ1) is 17.7. The van der Waals surface area contributed by atoms with Crippen LogP contribution < -0.4 is 4.90 Å². The number of hydrogen-bond donors (Lipinski definition) is 0. The number of carbonyl (C=O) groups excluding carboxylic acids is 2. The third-order valence-corrected chi connectivity index (χ3v) is 4.83. The zero-order chi connectivity index (χ0) is 17.6. The minimum Gasteiger partial charge on any atom is -0.376 e. The quantitative estimate of drug-likeness (QED) is 0.787. The van der Waals surface area contributed by atoms with Crippen LogP contribution >= 0.6 is 0 Å². The number of pyridine rings is 1. The average Bonchev–Trinajstić information content (AvgIpc) is 3.15. The molecule has 3 heterocycles. The minimum absolute atomic E-state index is 0.00821. The highest BCUT2D eigenvalue weighted by Crippen LogP contribution is 2.15. The second-order valence-corrected chi connectivity index (χ2v) is 6.59. The summed E-state index contributed by atoms with van der Waals surface area (Å²) in [6, 6.07) is 5.85. The SMILES string of the molecule is CC(=O)N(CC(=O)N1CCN(c2ccccn2)CC1)CC1CCCO1. The maximum absolute atomic E-state index is 12.6. The van der Waals surface area contributed by atoms with E-state index >= 15 is 0 Å². The Balaban J connectivity index is 1.50. The number of aromatic nitrogens is 1. The molecule has 1 aromatic heterocycles. The summed E-state index contributed by atoms with van der Waals surface area (Å²) >= 11 is 0. The van der Waals surface area contributed by atoms with Crippen LogP contribution in [-0.4, -0.2) is 78.6 Å². The van der Waals surface area contributed by atoms with Crippen LogP contribution in [0.3, 0.4) is 0 Å². The lowest BCUT2D eigenvalue weighted by atomic mass is 10.2. The zero-order valence-corrected chi connectivity index (χ0v) is 14.8. The van der Waals surface area contributed by atoms with Crippen molar-refractivity contribution in [3.8, 4) is 0 Å². The van der Waals surface area contributed by atoms with Crippen molar-refractivity contribution in [1.29, 1.82) is 0 Å². The van der Waals surface area contributed by atoms with Gasteiger partial charge in [0.25, 0.3) is 0 Å². The Bertz CT molecular complexity index is 581. The van der Waals surface area contributed by atoms with Crippen molar-refractivity contribution in [3.63, 3.8) is 0 Å². The smallest absolute Gasteiger partial charge is 0.242 e. The molecule has 7 nitrogen and oxygen atoms in total. The summed E-state index contributed by atoms with van der Waals surface area (Å²) in [7, 11) is 0. The second kappa shape index (κ2) is 8.29. The first-order chi connectivity index (χ1) is 12.1. The topological polar surface area (TPSA) is 66.0 Å². The molecule has 136 valence electrons. The van der Waals surface area contributed by atoms with Crippen molar-refractivity contribution in [2.45, 2.75) is 25.9 Å². The number of anilines is 1. The first-order valence-corrected chi connectivity index (χ1v) is 8.94. The number of piperazine rings is 1. The molecule has 0 spiro atoms. The predicted molar refractivity (Wildman–Crippen MR) is 94.3 cm³/mol. The van der Waals surface area contributed by atoms with Crippen molar-refractivity contribution < 1.29 is 14.3 Å². The van der Waals surface area contributed by atoms with Crippen LogP contribution in [0.5, 0.6) is 0 Å². The molecule has 1 atom stereocenters. The molecule has 2 saturated heterocycles. The average molecular weight is 346 g/mol. The fourth-order valence-electron chi connectivity index (χ4n) is 3.33. The maximum Gasteiger partial charge on any atom is 0.242 e. The Labute approximate surface area is 148 Å². The predicted octanol–water partition coefficient (Wildman–Crippen LogP) is 0.758. The van der Waals surface area contributed by atoms with Gasteiger partial charge in [-0.05, 0) is 25.0 Å². The Kier molecular flexibility index (Phi) is 5.86. The van der Waals surface area contributed by atoms with Crippen LogP contribution in [0, 0.1) is 0 Å². The van der Waals surface area contributed by atoms with E-state index in [4.69, 9.17) is 4.74 Å². The van der Waals surface area contributed by atoms with Gasteiger partial charge in [-0.2, -0.15) is 0 Å². The zero-order valence-electron chi connectivity index (χ0n) is 14.8. The Morgan fingerprint density at radius 3 is 2.68 bits per heavy atom. The number of amides is 2. The molecule has 2 amide bonds. The first-order valence-electron chi connectivity index (χ1n) is 8.94. The highest BCUT2D eigenvalue weighted by molar-refractivity contribution is 5.84. The summed E-state index contributed by atoms with van der Waals surface area (Å²) in [4.78, 5) is 34.4. The van der Waals surface area contributed by atoms with Crippen molar-refractivity contribution in [3.05, 3.63) is 24.4 Å². The molecule has 0 N–H and O–H groups in total. The molecule has 0 saturated carbocycles. The molecule has 0 aliphatic carbocycles. The molecule has 2 aliphatic rings. The second-order valence-electron chi connectivity index (χ2n) is 6.59. The van der Waals surface area contributed by atoms with E-state index in [0.29, 0.717) is 19.6 Å². The monoisotopic (exact) mass is 346 g/mol. The summed E-state index contributed by atoms with van der Waals surface area (Å²) in [6.07, 6.45) is 3.83. The Hall–Kier alpha value is -2.15. The Morgan fingerprint density at radius 1 is 1.28 bits per heavy atom. The largest absolute Gasteiger partial charge is 0.376 e. The standard InChI is InChI=1S/C18H26N4O3/c1-15(23)22(13-16-5-4-12-25-16)14-18(24)21-10-8-20(9-11-21)17-6-2-3-7-19-17/h2-3,6-7,16H,4-5,8-14H2,1H3. The van der Waals surface area contributed by atoms with E-state index in [0.717, 1.165) is 38.4 Å². The highest BCUT2D eigenvalue weighted by atomic mass is 16.5. The van der Waals surface area contributed by atoms with Gasteiger partial charge < -0.3 is 19.4 Å². The van der Waals surface area contributed by atoms with E-state index in [-0.39, 0.29) is 24.5 Å². The lowest BCUT2D eigenvalue weighted by molar-refractivity contribution is -0.140. The summed E-state index contributed by atoms with van der Waals surface area (Å²) in [5, 5.41) is 0. The molecule has 1 aromatic rings. The highest BCUT2D eigenvalue weighted by Gasteiger charge is 2.26. The van der Waals surface area contributed by atoms with Gasteiger partial charge in [-0.3, -0.25) is 9.59 Å². The van der Waals surface area contributed by atoms with Crippen LogP contribution in [0.2, 0.25) is 0 Å². The van der Waals surface area contributed by atoms with E-state index < -0.39 is 0 Å². The van der Waals surface area contributed by atoms with Crippen LogP contribution in [-0.2, 0) is 14.3 Å². The third-order valence-electron chi connectivity index (χ3n) is 4.83. The number of nitrogens with zero attached hydrogens (tertiary/aromatic N) is 4. The van der Waals surface area contributed by atoms with Crippen molar-refractivity contribution in [1.82, 2.24) is 14.8 Å². The van der Waals surface area contributed by atoms with Gasteiger partial charge in [0, 0.05) is 52.5 Å². The summed E-state index contributed by atoms with van der Waals surface area (Å²) in [6.45, 7) is 5.74. The molecule has 0 aromatic carbocycles. The molecular weight excluding hydrogens is 320 g/mol. The van der Waals surface area contributed by atoms with E-state index in [1.807, 2.05) is 23.1 Å². The third kappa shape index (κ3) is 4.69. The van der Waals surface area contributed by atoms with E-state index in [1.54, 1.807) is 11.1 Å². The fourth-order valence-corrected chi connectivity index (χ4v) is 3.33. The molecule has 2 fully saturated rings. The van der Waals surface area contributed by atoms with E-state index in [9.17, 15) is 9.59 Å². The number of ether oxygens (including phenoxy) is 1. The van der Waals surface area contributed by atoms with Gasteiger partial charge in [0.2, 0.25) is 11.8 Å². The van der Waals surface area contributed by atoms with Crippen molar-refractivity contribution in [2.75, 3.05) is 50.8 Å². The molecular formula is C18H26N4O3. The van der Waals surface area contributed by atoms with Gasteiger partial charge in [-0.25, -0.2) is 4.98 Å². The van der Waals surface area contributed by atoms with Gasteiger partial charge in [0.05, 0.1) is 12.6 Å². The Morgan fingerprint density at radius 2 is 2.08 bits per heavy atom. The molecule has 25 heavy (non-hydrogen) atoms. The number of carbonyl (C=O) groups is 2. The molecule has 1 unspecified atom stereocenters. The number of rotatable bonds is 5. The van der Waals surface area contributed by atoms with Gasteiger partial charge >= 0.3 is 0 Å². The van der Waals surface area contributed by atoms with E-state index in [1.165, 1.54) is 6.92 Å². The molecule has 2 aliphatic heterocycles. The van der Waals surface area contributed by atoms with Gasteiger partial charge in [-0.1, -0.05) is 6.07 Å². The summed E-state index contributed by atoms with van der Waals surface area (Å²) < 4.78 is 5.59. The minimum atomic E-state index is -0.0732. The molecule has 0 radical (unpaired) electrons. The van der Waals surface area contributed by atoms with Gasteiger partial charge in [0.1, 0.15) is 5.82 Å². The van der Waals surface area contributed by atoms with Crippen molar-refractivity contribution >= 4 is 17.6 Å². The van der Waals surface area contributed by atoms with Crippen LogP contribution in [0.1, 0.15) is 19.8 Å². The summed E-state index contributed by atoms with van der Waals surface area (Å²) in [5.41, 5.74) is 0. The molecule has 0 bridgehead atoms. The maximum atomic E-state index is 12.6. The lowest BCUT2D eigenvalue weighted by Gasteiger charge is -2.36. The van der Waals surface area contributed by atoms with Crippen LogP contribution in [0.25, 0.3) is 0 Å². The van der Waals surface area contributed by atoms with Crippen molar-refractivity contribution in [2.24, 2.45) is 0 Å².